The Morgan fingerprint density at radius 3 is 2.00 bits per heavy atom. The molecule has 0 heterocycles. The second-order valence-electron chi connectivity index (χ2n) is 4.23. The Labute approximate surface area is 90.1 Å². The molecule has 2 heteroatoms. The molecule has 86 valence electrons. The van der Waals surface area contributed by atoms with E-state index in [1.165, 1.54) is 25.9 Å². The van der Waals surface area contributed by atoms with Crippen LogP contribution in [0.25, 0.3) is 0 Å². The van der Waals surface area contributed by atoms with E-state index in [1.807, 2.05) is 0 Å². The number of rotatable bonds is 8. The zero-order valence-electron chi connectivity index (χ0n) is 10.6. The van der Waals surface area contributed by atoms with Gasteiger partial charge in [0.25, 0.3) is 0 Å². The van der Waals surface area contributed by atoms with Crippen molar-refractivity contribution in [3.05, 3.63) is 0 Å². The van der Waals surface area contributed by atoms with E-state index in [1.54, 1.807) is 0 Å². The molecule has 0 aliphatic heterocycles. The number of nitrogens with one attached hydrogen (secondary N) is 1. The highest BCUT2D eigenvalue weighted by Crippen LogP contribution is 2.06. The summed E-state index contributed by atoms with van der Waals surface area (Å²) in [6.07, 6.45) is 2.59. The van der Waals surface area contributed by atoms with Gasteiger partial charge in [-0.1, -0.05) is 41.0 Å². The maximum Gasteiger partial charge on any atom is 0.0220 e. The molecule has 2 nitrogen and oxygen atoms in total. The standard InChI is InChI=1S/C12H28N2/c1-6-9-12(10-13-11(4)5)14(7-2)8-3/h11-13H,6-10H2,1-5H3. The van der Waals surface area contributed by atoms with Crippen molar-refractivity contribution >= 4 is 0 Å². The van der Waals surface area contributed by atoms with Crippen molar-refractivity contribution in [1.29, 1.82) is 0 Å². The van der Waals surface area contributed by atoms with Crippen LogP contribution in [0.3, 0.4) is 0 Å². The zero-order valence-corrected chi connectivity index (χ0v) is 10.6. The third-order valence-electron chi connectivity index (χ3n) is 2.71. The minimum Gasteiger partial charge on any atom is -0.313 e. The third-order valence-corrected chi connectivity index (χ3v) is 2.71. The van der Waals surface area contributed by atoms with Crippen LogP contribution < -0.4 is 5.32 Å². The maximum atomic E-state index is 3.54. The van der Waals surface area contributed by atoms with Gasteiger partial charge in [-0.3, -0.25) is 4.90 Å². The summed E-state index contributed by atoms with van der Waals surface area (Å²) in [6.45, 7) is 14.7. The minimum absolute atomic E-state index is 0.602. The molecular formula is C12H28N2. The molecule has 0 aliphatic carbocycles. The molecule has 0 rings (SSSR count). The highest BCUT2D eigenvalue weighted by molar-refractivity contribution is 4.73. The Morgan fingerprint density at radius 1 is 1.07 bits per heavy atom. The van der Waals surface area contributed by atoms with E-state index in [4.69, 9.17) is 0 Å². The van der Waals surface area contributed by atoms with E-state index in [0.717, 1.165) is 12.6 Å². The highest BCUT2D eigenvalue weighted by atomic mass is 15.2. The van der Waals surface area contributed by atoms with Crippen molar-refractivity contribution in [1.82, 2.24) is 10.2 Å². The van der Waals surface area contributed by atoms with Gasteiger partial charge in [-0.25, -0.2) is 0 Å². The van der Waals surface area contributed by atoms with Crippen LogP contribution in [0.2, 0.25) is 0 Å². The Balaban J connectivity index is 3.98. The van der Waals surface area contributed by atoms with Crippen LogP contribution in [0.5, 0.6) is 0 Å². The molecule has 0 radical (unpaired) electrons. The summed E-state index contributed by atoms with van der Waals surface area (Å²) in [5.41, 5.74) is 0. The van der Waals surface area contributed by atoms with Crippen LogP contribution in [0, 0.1) is 0 Å². The van der Waals surface area contributed by atoms with Crippen LogP contribution >= 0.6 is 0 Å². The summed E-state index contributed by atoms with van der Waals surface area (Å²) in [7, 11) is 0. The van der Waals surface area contributed by atoms with Crippen molar-refractivity contribution in [3.8, 4) is 0 Å². The summed E-state index contributed by atoms with van der Waals surface area (Å²) < 4.78 is 0. The smallest absolute Gasteiger partial charge is 0.0220 e. The van der Waals surface area contributed by atoms with E-state index in [2.05, 4.69) is 44.8 Å². The van der Waals surface area contributed by atoms with Crippen molar-refractivity contribution in [2.75, 3.05) is 19.6 Å². The first kappa shape index (κ1) is 13.9. The molecule has 0 saturated carbocycles. The summed E-state index contributed by atoms with van der Waals surface area (Å²) >= 11 is 0. The molecule has 0 saturated heterocycles. The van der Waals surface area contributed by atoms with Gasteiger partial charge >= 0.3 is 0 Å². The fourth-order valence-corrected chi connectivity index (χ4v) is 1.86. The van der Waals surface area contributed by atoms with Crippen molar-refractivity contribution < 1.29 is 0 Å². The van der Waals surface area contributed by atoms with Crippen LogP contribution in [-0.4, -0.2) is 36.6 Å². The minimum atomic E-state index is 0.602. The Kier molecular flexibility index (Phi) is 8.20. The lowest BCUT2D eigenvalue weighted by molar-refractivity contribution is 0.197. The normalized spacial score (nSPS) is 13.9. The molecule has 0 bridgehead atoms. The Bertz CT molecular complexity index is 119. The van der Waals surface area contributed by atoms with E-state index in [9.17, 15) is 0 Å². The van der Waals surface area contributed by atoms with Crippen LogP contribution in [0.15, 0.2) is 0 Å². The number of hydrogen-bond donors (Lipinski definition) is 1. The summed E-state index contributed by atoms with van der Waals surface area (Å²) in [5.74, 6) is 0. The van der Waals surface area contributed by atoms with E-state index >= 15 is 0 Å². The topological polar surface area (TPSA) is 15.3 Å². The zero-order chi connectivity index (χ0) is 11.0. The maximum absolute atomic E-state index is 3.54. The van der Waals surface area contributed by atoms with Gasteiger partial charge in [0, 0.05) is 18.6 Å². The lowest BCUT2D eigenvalue weighted by Gasteiger charge is -2.30. The summed E-state index contributed by atoms with van der Waals surface area (Å²) in [6, 6.07) is 1.32. The molecule has 1 unspecified atom stereocenters. The average molecular weight is 200 g/mol. The Morgan fingerprint density at radius 2 is 1.64 bits per heavy atom. The monoisotopic (exact) mass is 200 g/mol. The van der Waals surface area contributed by atoms with Crippen LogP contribution in [0.1, 0.15) is 47.5 Å². The first-order valence-electron chi connectivity index (χ1n) is 6.13. The van der Waals surface area contributed by atoms with E-state index < -0.39 is 0 Å². The van der Waals surface area contributed by atoms with Crippen molar-refractivity contribution in [2.24, 2.45) is 0 Å². The molecule has 0 spiro atoms. The molecule has 0 fully saturated rings. The van der Waals surface area contributed by atoms with Gasteiger partial charge in [-0.2, -0.15) is 0 Å². The molecule has 0 amide bonds. The van der Waals surface area contributed by atoms with E-state index in [-0.39, 0.29) is 0 Å². The predicted molar refractivity (Wildman–Crippen MR) is 64.8 cm³/mol. The summed E-state index contributed by atoms with van der Waals surface area (Å²) in [4.78, 5) is 2.55. The van der Waals surface area contributed by atoms with Gasteiger partial charge in [0.1, 0.15) is 0 Å². The molecule has 0 aromatic rings. The van der Waals surface area contributed by atoms with Gasteiger partial charge in [-0.05, 0) is 19.5 Å². The number of nitrogens with zero attached hydrogens (tertiary/aromatic N) is 1. The number of hydrogen-bond acceptors (Lipinski definition) is 2. The quantitative estimate of drug-likeness (QED) is 0.647. The van der Waals surface area contributed by atoms with Gasteiger partial charge in [-0.15, -0.1) is 0 Å². The molecule has 0 aliphatic rings. The molecule has 1 N–H and O–H groups in total. The lowest BCUT2D eigenvalue weighted by atomic mass is 10.1. The van der Waals surface area contributed by atoms with Gasteiger partial charge in [0.05, 0.1) is 0 Å². The molecule has 14 heavy (non-hydrogen) atoms. The highest BCUT2D eigenvalue weighted by Gasteiger charge is 2.14. The van der Waals surface area contributed by atoms with Gasteiger partial charge < -0.3 is 5.32 Å². The molecule has 1 atom stereocenters. The second-order valence-corrected chi connectivity index (χ2v) is 4.23. The first-order valence-corrected chi connectivity index (χ1v) is 6.13. The van der Waals surface area contributed by atoms with Crippen LogP contribution in [0.4, 0.5) is 0 Å². The first-order chi connectivity index (χ1) is 6.65. The van der Waals surface area contributed by atoms with Gasteiger partial charge in [0.2, 0.25) is 0 Å². The third kappa shape index (κ3) is 5.61. The number of likely N-dealkylation sites (N-methyl/N-ethyl adjacent to an activating group) is 1. The SMILES string of the molecule is CCCC(CNC(C)C)N(CC)CC. The molecular weight excluding hydrogens is 172 g/mol. The second kappa shape index (κ2) is 8.25. The van der Waals surface area contributed by atoms with Crippen molar-refractivity contribution in [3.63, 3.8) is 0 Å². The fourth-order valence-electron chi connectivity index (χ4n) is 1.86. The average Bonchev–Trinajstić information content (AvgIpc) is 2.15. The summed E-state index contributed by atoms with van der Waals surface area (Å²) in [5, 5.41) is 3.54. The fraction of sp³-hybridized carbons (Fsp3) is 1.00. The molecule has 0 aromatic carbocycles. The van der Waals surface area contributed by atoms with Gasteiger partial charge in [0.15, 0.2) is 0 Å². The molecule has 0 aromatic heterocycles. The lowest BCUT2D eigenvalue weighted by Crippen LogP contribution is -2.43. The predicted octanol–water partition coefficient (Wildman–Crippen LogP) is 2.49. The van der Waals surface area contributed by atoms with E-state index in [0.29, 0.717) is 6.04 Å². The Hall–Kier alpha value is -0.0800. The largest absolute Gasteiger partial charge is 0.313 e. The van der Waals surface area contributed by atoms with Crippen LogP contribution in [-0.2, 0) is 0 Å². The van der Waals surface area contributed by atoms with Crippen molar-refractivity contribution in [2.45, 2.75) is 59.5 Å².